The second-order valence-electron chi connectivity index (χ2n) is 4.91. The first-order valence-corrected chi connectivity index (χ1v) is 6.80. The lowest BCUT2D eigenvalue weighted by atomic mass is 10.1. The average Bonchev–Trinajstić information content (AvgIpc) is 3.02. The summed E-state index contributed by atoms with van der Waals surface area (Å²) in [5, 5.41) is 7.85. The van der Waals surface area contributed by atoms with Crippen molar-refractivity contribution in [2.24, 2.45) is 0 Å². The molecule has 0 saturated heterocycles. The molecule has 0 spiro atoms. The molecular formula is C16H13N3O2. The summed E-state index contributed by atoms with van der Waals surface area (Å²) in [6, 6.07) is 13.2. The summed E-state index contributed by atoms with van der Waals surface area (Å²) in [7, 11) is 0. The zero-order valence-corrected chi connectivity index (χ0v) is 11.2. The van der Waals surface area contributed by atoms with Gasteiger partial charge in [-0.15, -0.1) is 0 Å². The molecule has 21 heavy (non-hydrogen) atoms. The van der Waals surface area contributed by atoms with Gasteiger partial charge in [0.1, 0.15) is 12.4 Å². The van der Waals surface area contributed by atoms with Crippen molar-refractivity contribution in [1.82, 2.24) is 10.2 Å². The molecule has 0 atom stereocenters. The van der Waals surface area contributed by atoms with Gasteiger partial charge in [0, 0.05) is 5.39 Å². The number of carbonyl (C=O) groups excluding carboxylic acids is 1. The van der Waals surface area contributed by atoms with E-state index in [1.54, 1.807) is 11.1 Å². The van der Waals surface area contributed by atoms with Crippen LogP contribution in [0.2, 0.25) is 0 Å². The normalized spacial score (nSPS) is 13.8. The number of ether oxygens (including phenoxy) is 1. The number of anilines is 1. The summed E-state index contributed by atoms with van der Waals surface area (Å²) in [5.74, 6) is 0.703. The third-order valence-electron chi connectivity index (χ3n) is 3.68. The van der Waals surface area contributed by atoms with Crippen molar-refractivity contribution in [1.29, 1.82) is 0 Å². The fraction of sp³-hybridized carbons (Fsp3) is 0.125. The quantitative estimate of drug-likeness (QED) is 0.745. The number of hydrogen-bond acceptors (Lipinski definition) is 3. The summed E-state index contributed by atoms with van der Waals surface area (Å²) in [6.07, 6.45) is 1.72. The smallest absolute Gasteiger partial charge is 0.260 e. The van der Waals surface area contributed by atoms with Gasteiger partial charge in [-0.3, -0.25) is 9.89 Å². The van der Waals surface area contributed by atoms with Gasteiger partial charge >= 0.3 is 0 Å². The van der Waals surface area contributed by atoms with Crippen LogP contribution in [0, 0.1) is 0 Å². The van der Waals surface area contributed by atoms with Crippen molar-refractivity contribution >= 4 is 22.5 Å². The van der Waals surface area contributed by atoms with Gasteiger partial charge in [-0.05, 0) is 18.2 Å². The van der Waals surface area contributed by atoms with E-state index in [-0.39, 0.29) is 5.91 Å². The van der Waals surface area contributed by atoms with Crippen molar-refractivity contribution < 1.29 is 9.53 Å². The van der Waals surface area contributed by atoms with Crippen molar-refractivity contribution in [2.45, 2.75) is 0 Å². The fourth-order valence-corrected chi connectivity index (χ4v) is 2.67. The van der Waals surface area contributed by atoms with Crippen LogP contribution in [0.4, 0.5) is 5.69 Å². The molecule has 2 aromatic carbocycles. The lowest BCUT2D eigenvalue weighted by Gasteiger charge is -2.29. The third kappa shape index (κ3) is 1.86. The van der Waals surface area contributed by atoms with Gasteiger partial charge in [-0.2, -0.15) is 5.10 Å². The number of fused-ring (bicyclic) bond motifs is 2. The molecule has 5 nitrogen and oxygen atoms in total. The second kappa shape index (κ2) is 4.63. The summed E-state index contributed by atoms with van der Waals surface area (Å²) in [6.45, 7) is 1.04. The van der Waals surface area contributed by atoms with E-state index in [9.17, 15) is 4.79 Å². The molecule has 1 aromatic heterocycles. The van der Waals surface area contributed by atoms with Crippen LogP contribution in [-0.2, 0) is 0 Å². The number of aromatic amines is 1. The Balaban J connectivity index is 1.81. The van der Waals surface area contributed by atoms with Crippen LogP contribution >= 0.6 is 0 Å². The van der Waals surface area contributed by atoms with Gasteiger partial charge in [-0.1, -0.05) is 24.3 Å². The van der Waals surface area contributed by atoms with E-state index >= 15 is 0 Å². The predicted octanol–water partition coefficient (Wildman–Crippen LogP) is 2.60. The number of benzene rings is 2. The zero-order chi connectivity index (χ0) is 14.2. The molecule has 0 saturated carbocycles. The topological polar surface area (TPSA) is 58.2 Å². The van der Waals surface area contributed by atoms with Gasteiger partial charge in [0.25, 0.3) is 5.91 Å². The molecule has 3 aromatic rings. The van der Waals surface area contributed by atoms with Gasteiger partial charge in [0.2, 0.25) is 0 Å². The number of para-hydroxylation sites is 3. The maximum Gasteiger partial charge on any atom is 0.260 e. The maximum absolute atomic E-state index is 12.9. The largest absolute Gasteiger partial charge is 0.490 e. The molecule has 0 bridgehead atoms. The van der Waals surface area contributed by atoms with Crippen LogP contribution in [0.25, 0.3) is 10.9 Å². The van der Waals surface area contributed by atoms with E-state index < -0.39 is 0 Å². The first kappa shape index (κ1) is 12.0. The fourth-order valence-electron chi connectivity index (χ4n) is 2.67. The first-order valence-electron chi connectivity index (χ1n) is 6.80. The number of amides is 1. The summed E-state index contributed by atoms with van der Waals surface area (Å²) in [5.41, 5.74) is 2.21. The Hall–Kier alpha value is -2.82. The van der Waals surface area contributed by atoms with Crippen LogP contribution in [0.1, 0.15) is 10.4 Å². The first-order chi connectivity index (χ1) is 10.3. The van der Waals surface area contributed by atoms with Gasteiger partial charge in [0.15, 0.2) is 0 Å². The van der Waals surface area contributed by atoms with E-state index in [0.717, 1.165) is 22.3 Å². The molecule has 0 unspecified atom stereocenters. The van der Waals surface area contributed by atoms with E-state index in [1.165, 1.54) is 0 Å². The number of aromatic nitrogens is 2. The molecule has 5 heteroatoms. The molecule has 1 aliphatic heterocycles. The minimum absolute atomic E-state index is 0.0411. The molecular weight excluding hydrogens is 266 g/mol. The van der Waals surface area contributed by atoms with E-state index in [0.29, 0.717) is 18.7 Å². The van der Waals surface area contributed by atoms with Crippen LogP contribution in [-0.4, -0.2) is 29.3 Å². The molecule has 104 valence electrons. The highest BCUT2D eigenvalue weighted by Gasteiger charge is 2.25. The lowest BCUT2D eigenvalue weighted by molar-refractivity contribution is 0.0978. The van der Waals surface area contributed by atoms with Gasteiger partial charge in [-0.25, -0.2) is 0 Å². The van der Waals surface area contributed by atoms with Crippen molar-refractivity contribution in [3.63, 3.8) is 0 Å². The molecule has 2 heterocycles. The van der Waals surface area contributed by atoms with Crippen LogP contribution in [0.15, 0.2) is 48.7 Å². The highest BCUT2D eigenvalue weighted by molar-refractivity contribution is 6.13. The number of rotatable bonds is 1. The van der Waals surface area contributed by atoms with Gasteiger partial charge < -0.3 is 9.64 Å². The standard InChI is InChI=1S/C16H13N3O2/c20-16(12-5-3-4-11-10-17-18-15(11)12)19-8-9-21-14-7-2-1-6-13(14)19/h1-7,10H,8-9H2,(H,17,18). The van der Waals surface area contributed by atoms with E-state index in [1.807, 2.05) is 42.5 Å². The Labute approximate surface area is 121 Å². The Morgan fingerprint density at radius 3 is 3.05 bits per heavy atom. The maximum atomic E-state index is 12.9. The SMILES string of the molecule is O=C(c1cccc2cn[nH]c12)N1CCOc2ccccc21. The second-order valence-corrected chi connectivity index (χ2v) is 4.91. The number of nitrogens with one attached hydrogen (secondary N) is 1. The molecule has 1 amide bonds. The van der Waals surface area contributed by atoms with E-state index in [2.05, 4.69) is 10.2 Å². The highest BCUT2D eigenvalue weighted by Crippen LogP contribution is 2.32. The molecule has 0 fully saturated rings. The van der Waals surface area contributed by atoms with Crippen molar-refractivity contribution in [3.8, 4) is 5.75 Å². The molecule has 1 N–H and O–H groups in total. The van der Waals surface area contributed by atoms with Crippen molar-refractivity contribution in [2.75, 3.05) is 18.1 Å². The summed E-state index contributed by atoms with van der Waals surface area (Å²) >= 11 is 0. The monoisotopic (exact) mass is 279 g/mol. The Kier molecular flexibility index (Phi) is 2.64. The zero-order valence-electron chi connectivity index (χ0n) is 11.2. The number of carbonyl (C=O) groups is 1. The average molecular weight is 279 g/mol. The lowest BCUT2D eigenvalue weighted by Crippen LogP contribution is -2.38. The number of H-pyrrole nitrogens is 1. The Morgan fingerprint density at radius 2 is 2.10 bits per heavy atom. The summed E-state index contributed by atoms with van der Waals surface area (Å²) < 4.78 is 5.60. The Bertz CT molecular complexity index is 825. The molecule has 1 aliphatic rings. The van der Waals surface area contributed by atoms with Crippen LogP contribution in [0.3, 0.4) is 0 Å². The van der Waals surface area contributed by atoms with Crippen LogP contribution < -0.4 is 9.64 Å². The minimum atomic E-state index is -0.0411. The van der Waals surface area contributed by atoms with Gasteiger partial charge in [0.05, 0.1) is 29.5 Å². The third-order valence-corrected chi connectivity index (χ3v) is 3.68. The minimum Gasteiger partial charge on any atom is -0.490 e. The number of nitrogens with zero attached hydrogens (tertiary/aromatic N) is 2. The summed E-state index contributed by atoms with van der Waals surface area (Å²) in [4.78, 5) is 14.7. The van der Waals surface area contributed by atoms with Crippen LogP contribution in [0.5, 0.6) is 5.75 Å². The predicted molar refractivity (Wildman–Crippen MR) is 79.7 cm³/mol. The molecule has 0 radical (unpaired) electrons. The van der Waals surface area contributed by atoms with E-state index in [4.69, 9.17) is 4.74 Å². The highest BCUT2D eigenvalue weighted by atomic mass is 16.5. The molecule has 0 aliphatic carbocycles. The van der Waals surface area contributed by atoms with Crippen molar-refractivity contribution in [3.05, 3.63) is 54.2 Å². The number of hydrogen-bond donors (Lipinski definition) is 1. The Morgan fingerprint density at radius 1 is 1.19 bits per heavy atom. The molecule has 4 rings (SSSR count).